The minimum absolute atomic E-state index is 0.0329. The molecule has 0 fully saturated rings. The predicted octanol–water partition coefficient (Wildman–Crippen LogP) is 2.48. The monoisotopic (exact) mass is 640 g/mol. The molecule has 2 atom stereocenters. The van der Waals surface area contributed by atoms with Crippen molar-refractivity contribution in [1.82, 2.24) is 30.8 Å². The van der Waals surface area contributed by atoms with Crippen LogP contribution in [-0.2, 0) is 35.0 Å². The molecule has 1 heterocycles. The molecule has 0 aliphatic heterocycles. The summed E-state index contributed by atoms with van der Waals surface area (Å²) in [6.45, 7) is 14.9. The van der Waals surface area contributed by atoms with Gasteiger partial charge in [-0.15, -0.1) is 0 Å². The average Bonchev–Trinajstić information content (AvgIpc) is 3.31. The summed E-state index contributed by atoms with van der Waals surface area (Å²) in [5.41, 5.74) is -2.00. The van der Waals surface area contributed by atoms with E-state index in [1.54, 1.807) is 62.3 Å². The van der Waals surface area contributed by atoms with Gasteiger partial charge in [-0.2, -0.15) is 0 Å². The van der Waals surface area contributed by atoms with Crippen molar-refractivity contribution in [2.24, 2.45) is 0 Å². The first kappa shape index (κ1) is 38.7. The molecule has 16 nitrogen and oxygen atoms in total. The molecule has 0 unspecified atom stereocenters. The summed E-state index contributed by atoms with van der Waals surface area (Å²) in [5, 5.41) is 19.5. The van der Waals surface area contributed by atoms with E-state index >= 15 is 0 Å². The van der Waals surface area contributed by atoms with Gasteiger partial charge in [-0.05, 0) is 81.6 Å². The zero-order valence-electron chi connectivity index (χ0n) is 27.6. The van der Waals surface area contributed by atoms with Crippen molar-refractivity contribution in [3.8, 4) is 0 Å². The standard InChI is InChI=1S/C29H48N6O10/c1-27(2,3)43-24(40)30-13-11-10-12-19(23(38)39)34-22(37)20(33-21(36)15-31-25(41)44-28(4,5)6)14-18-16-35(17-32-18)26(42)45-29(7,8)9/h16-17,19-20H,10-15H2,1-9H3,(H,30,40)(H,31,41)(H,33,36)(H,34,37)(H,38,39)/t19-,20-/m0/s1. The Labute approximate surface area is 263 Å². The number of imidazole rings is 1. The third-order valence-corrected chi connectivity index (χ3v) is 5.30. The minimum Gasteiger partial charge on any atom is -0.480 e. The highest BCUT2D eigenvalue weighted by Crippen LogP contribution is 2.11. The largest absolute Gasteiger partial charge is 0.480 e. The number of carbonyl (C=O) groups excluding carboxylic acids is 5. The fraction of sp³-hybridized carbons (Fsp3) is 0.690. The van der Waals surface area contributed by atoms with Gasteiger partial charge in [0.25, 0.3) is 0 Å². The first-order valence-corrected chi connectivity index (χ1v) is 14.6. The maximum atomic E-state index is 13.3. The molecular weight excluding hydrogens is 592 g/mol. The van der Waals surface area contributed by atoms with E-state index in [0.29, 0.717) is 12.8 Å². The number of ether oxygens (including phenoxy) is 3. The van der Waals surface area contributed by atoms with E-state index in [0.717, 1.165) is 4.57 Å². The van der Waals surface area contributed by atoms with Crippen molar-refractivity contribution in [2.45, 2.75) is 117 Å². The molecule has 1 aromatic rings. The highest BCUT2D eigenvalue weighted by atomic mass is 16.6. The van der Waals surface area contributed by atoms with Gasteiger partial charge in [0.15, 0.2) is 0 Å². The summed E-state index contributed by atoms with van der Waals surface area (Å²) < 4.78 is 16.6. The van der Waals surface area contributed by atoms with Crippen LogP contribution in [0.15, 0.2) is 12.5 Å². The van der Waals surface area contributed by atoms with E-state index in [1.807, 2.05) is 0 Å². The number of nitrogens with zero attached hydrogens (tertiary/aromatic N) is 2. The highest BCUT2D eigenvalue weighted by molar-refractivity contribution is 5.91. The van der Waals surface area contributed by atoms with Gasteiger partial charge in [0, 0.05) is 19.2 Å². The lowest BCUT2D eigenvalue weighted by Crippen LogP contribution is -2.54. The van der Waals surface area contributed by atoms with Crippen LogP contribution in [0, 0.1) is 0 Å². The van der Waals surface area contributed by atoms with Gasteiger partial charge in [-0.3, -0.25) is 9.59 Å². The molecule has 0 spiro atoms. The Balaban J connectivity index is 2.93. The second-order valence-electron chi connectivity index (χ2n) is 13.3. The van der Waals surface area contributed by atoms with E-state index in [1.165, 1.54) is 12.5 Å². The molecule has 0 saturated carbocycles. The van der Waals surface area contributed by atoms with Crippen LogP contribution >= 0.6 is 0 Å². The number of carbonyl (C=O) groups is 6. The van der Waals surface area contributed by atoms with Gasteiger partial charge in [0.2, 0.25) is 11.8 Å². The molecule has 1 aromatic heterocycles. The number of amides is 4. The molecule has 0 aromatic carbocycles. The predicted molar refractivity (Wildman–Crippen MR) is 161 cm³/mol. The molecule has 0 aliphatic carbocycles. The van der Waals surface area contributed by atoms with Crippen LogP contribution in [-0.4, -0.2) is 92.7 Å². The van der Waals surface area contributed by atoms with Gasteiger partial charge in [0.1, 0.15) is 41.8 Å². The first-order valence-electron chi connectivity index (χ1n) is 14.6. The molecule has 0 bridgehead atoms. The van der Waals surface area contributed by atoms with Crippen LogP contribution in [0.4, 0.5) is 14.4 Å². The Kier molecular flexibility index (Phi) is 14.3. The van der Waals surface area contributed by atoms with E-state index in [-0.39, 0.29) is 25.1 Å². The van der Waals surface area contributed by atoms with Gasteiger partial charge in [-0.25, -0.2) is 28.7 Å². The lowest BCUT2D eigenvalue weighted by molar-refractivity contribution is -0.142. The van der Waals surface area contributed by atoms with E-state index in [2.05, 4.69) is 26.3 Å². The number of hydrogen-bond donors (Lipinski definition) is 5. The van der Waals surface area contributed by atoms with Crippen LogP contribution < -0.4 is 21.3 Å². The summed E-state index contributed by atoms with van der Waals surface area (Å²) in [7, 11) is 0. The molecule has 4 amide bonds. The fourth-order valence-corrected chi connectivity index (χ4v) is 3.52. The van der Waals surface area contributed by atoms with Crippen molar-refractivity contribution >= 4 is 36.1 Å². The lowest BCUT2D eigenvalue weighted by Gasteiger charge is -2.22. The van der Waals surface area contributed by atoms with Crippen LogP contribution in [0.3, 0.4) is 0 Å². The van der Waals surface area contributed by atoms with Crippen LogP contribution in [0.5, 0.6) is 0 Å². The topological polar surface area (TPSA) is 216 Å². The van der Waals surface area contributed by atoms with Gasteiger partial charge in [0.05, 0.1) is 5.69 Å². The van der Waals surface area contributed by atoms with E-state index in [9.17, 15) is 33.9 Å². The normalized spacial score (nSPS) is 13.1. The Morgan fingerprint density at radius 1 is 0.800 bits per heavy atom. The third kappa shape index (κ3) is 17.5. The number of unbranched alkanes of at least 4 members (excludes halogenated alkanes) is 1. The molecule has 1 rings (SSSR count). The van der Waals surface area contributed by atoms with Crippen molar-refractivity contribution in [3.05, 3.63) is 18.2 Å². The maximum absolute atomic E-state index is 13.3. The van der Waals surface area contributed by atoms with Crippen molar-refractivity contribution in [1.29, 1.82) is 0 Å². The SMILES string of the molecule is CC(C)(C)OC(=O)NCCCC[C@H](NC(=O)[C@H](Cc1cn(C(=O)OC(C)(C)C)cn1)NC(=O)CNC(=O)OC(C)(C)C)C(=O)O. The summed E-state index contributed by atoms with van der Waals surface area (Å²) in [5.74, 6) is -2.88. The zero-order valence-corrected chi connectivity index (χ0v) is 27.6. The molecule has 254 valence electrons. The zero-order chi connectivity index (χ0) is 34.6. The summed E-state index contributed by atoms with van der Waals surface area (Å²) in [6, 6.07) is -2.63. The molecule has 45 heavy (non-hydrogen) atoms. The Morgan fingerprint density at radius 3 is 1.89 bits per heavy atom. The number of alkyl carbamates (subject to hydrolysis) is 2. The fourth-order valence-electron chi connectivity index (χ4n) is 3.52. The summed E-state index contributed by atoms with van der Waals surface area (Å²) in [4.78, 5) is 78.1. The second-order valence-corrected chi connectivity index (χ2v) is 13.3. The molecule has 5 N–H and O–H groups in total. The van der Waals surface area contributed by atoms with Crippen molar-refractivity contribution < 1.29 is 48.1 Å². The molecule has 0 aliphatic rings. The van der Waals surface area contributed by atoms with Crippen molar-refractivity contribution in [2.75, 3.05) is 13.1 Å². The number of hydrogen-bond acceptors (Lipinski definition) is 10. The molecule has 16 heteroatoms. The Morgan fingerprint density at radius 2 is 1.36 bits per heavy atom. The number of aromatic nitrogens is 2. The summed E-state index contributed by atoms with van der Waals surface area (Å²) in [6.07, 6.45) is 0.932. The minimum atomic E-state index is -1.32. The maximum Gasteiger partial charge on any atom is 0.419 e. The quantitative estimate of drug-likeness (QED) is 0.156. The van der Waals surface area contributed by atoms with Crippen LogP contribution in [0.1, 0.15) is 87.3 Å². The van der Waals surface area contributed by atoms with Gasteiger partial charge < -0.3 is 40.6 Å². The lowest BCUT2D eigenvalue weighted by atomic mass is 10.1. The number of nitrogens with one attached hydrogen (secondary N) is 4. The molecule has 0 saturated heterocycles. The third-order valence-electron chi connectivity index (χ3n) is 5.30. The summed E-state index contributed by atoms with van der Waals surface area (Å²) >= 11 is 0. The average molecular weight is 641 g/mol. The number of carboxylic acid groups (broad SMARTS) is 1. The van der Waals surface area contributed by atoms with Gasteiger partial charge >= 0.3 is 24.2 Å². The molecule has 0 radical (unpaired) electrons. The molecular formula is C29H48N6O10. The van der Waals surface area contributed by atoms with Crippen LogP contribution in [0.25, 0.3) is 0 Å². The number of aliphatic carboxylic acids is 1. The van der Waals surface area contributed by atoms with Crippen LogP contribution in [0.2, 0.25) is 0 Å². The van der Waals surface area contributed by atoms with E-state index < -0.39 is 71.5 Å². The Bertz CT molecular complexity index is 1190. The smallest absolute Gasteiger partial charge is 0.419 e. The number of rotatable bonds is 13. The highest BCUT2D eigenvalue weighted by Gasteiger charge is 2.28. The van der Waals surface area contributed by atoms with Gasteiger partial charge in [-0.1, -0.05) is 0 Å². The number of carboxylic acids is 1. The first-order chi connectivity index (χ1) is 20.5. The second kappa shape index (κ2) is 16.6. The Hall–Kier alpha value is -4.37. The van der Waals surface area contributed by atoms with Crippen molar-refractivity contribution in [3.63, 3.8) is 0 Å². The van der Waals surface area contributed by atoms with E-state index in [4.69, 9.17) is 14.2 Å².